The first kappa shape index (κ1) is 13.0. The minimum atomic E-state index is -0.349. The Bertz CT molecular complexity index is 328. The van der Waals surface area contributed by atoms with Crippen LogP contribution in [0.15, 0.2) is 17.5 Å². The van der Waals surface area contributed by atoms with Crippen molar-refractivity contribution in [1.29, 1.82) is 0 Å². The molecule has 0 saturated carbocycles. The van der Waals surface area contributed by atoms with Crippen molar-refractivity contribution >= 4 is 11.3 Å². The van der Waals surface area contributed by atoms with Crippen molar-refractivity contribution < 1.29 is 9.84 Å². The molecule has 1 aromatic heterocycles. The second kappa shape index (κ2) is 5.96. The maximum atomic E-state index is 10.5. The van der Waals surface area contributed by atoms with E-state index in [0.717, 1.165) is 19.6 Å². The lowest BCUT2D eigenvalue weighted by Crippen LogP contribution is -2.39. The van der Waals surface area contributed by atoms with Gasteiger partial charge in [-0.05, 0) is 29.7 Å². The van der Waals surface area contributed by atoms with Crippen molar-refractivity contribution in [3.8, 4) is 0 Å². The molecule has 1 aromatic rings. The molecule has 0 spiro atoms. The summed E-state index contributed by atoms with van der Waals surface area (Å²) in [7, 11) is 0. The molecule has 4 heteroatoms. The number of aliphatic hydroxyl groups is 1. The van der Waals surface area contributed by atoms with Gasteiger partial charge < -0.3 is 15.6 Å². The van der Waals surface area contributed by atoms with Crippen LogP contribution in [0.3, 0.4) is 0 Å². The topological polar surface area (TPSA) is 55.5 Å². The minimum absolute atomic E-state index is 0.0700. The number of hydrogen-bond donors (Lipinski definition) is 2. The summed E-state index contributed by atoms with van der Waals surface area (Å²) in [6.45, 7) is 4.16. The van der Waals surface area contributed by atoms with Crippen LogP contribution >= 0.6 is 11.3 Å². The van der Waals surface area contributed by atoms with E-state index >= 15 is 0 Å². The molecule has 3 N–H and O–H groups in total. The molecular weight excluding hydrogens is 234 g/mol. The van der Waals surface area contributed by atoms with Crippen molar-refractivity contribution in [3.63, 3.8) is 0 Å². The SMILES string of the molecule is CC1COCCC1C(O)C(CN)c1cccs1. The fourth-order valence-corrected chi connectivity index (χ4v) is 3.51. The first-order valence-electron chi connectivity index (χ1n) is 6.23. The lowest BCUT2D eigenvalue weighted by atomic mass is 9.79. The van der Waals surface area contributed by atoms with E-state index in [-0.39, 0.29) is 12.0 Å². The quantitative estimate of drug-likeness (QED) is 0.863. The smallest absolute Gasteiger partial charge is 0.0661 e. The van der Waals surface area contributed by atoms with E-state index in [9.17, 15) is 5.11 Å². The van der Waals surface area contributed by atoms with Gasteiger partial charge in [0.1, 0.15) is 0 Å². The third kappa shape index (κ3) is 2.88. The number of aliphatic hydroxyl groups excluding tert-OH is 1. The van der Waals surface area contributed by atoms with Crippen LogP contribution in [0.5, 0.6) is 0 Å². The zero-order chi connectivity index (χ0) is 12.3. The molecule has 2 heterocycles. The van der Waals surface area contributed by atoms with Crippen LogP contribution in [0.25, 0.3) is 0 Å². The molecule has 96 valence electrons. The van der Waals surface area contributed by atoms with E-state index < -0.39 is 0 Å². The molecule has 0 radical (unpaired) electrons. The Morgan fingerprint density at radius 1 is 1.65 bits per heavy atom. The second-order valence-electron chi connectivity index (χ2n) is 4.85. The van der Waals surface area contributed by atoms with Gasteiger partial charge in [-0.15, -0.1) is 11.3 Å². The summed E-state index contributed by atoms with van der Waals surface area (Å²) in [5, 5.41) is 12.6. The van der Waals surface area contributed by atoms with E-state index in [0.29, 0.717) is 18.4 Å². The van der Waals surface area contributed by atoms with Gasteiger partial charge in [-0.3, -0.25) is 0 Å². The maximum absolute atomic E-state index is 10.5. The Hall–Kier alpha value is -0.420. The van der Waals surface area contributed by atoms with E-state index in [1.54, 1.807) is 11.3 Å². The normalized spacial score (nSPS) is 28.9. The maximum Gasteiger partial charge on any atom is 0.0661 e. The highest BCUT2D eigenvalue weighted by atomic mass is 32.1. The summed E-state index contributed by atoms with van der Waals surface area (Å²) in [6, 6.07) is 4.08. The molecule has 17 heavy (non-hydrogen) atoms. The zero-order valence-corrected chi connectivity index (χ0v) is 11.0. The molecule has 1 aliphatic rings. The Morgan fingerprint density at radius 2 is 2.47 bits per heavy atom. The fraction of sp³-hybridized carbons (Fsp3) is 0.692. The minimum Gasteiger partial charge on any atom is -0.392 e. The number of nitrogens with two attached hydrogens (primary N) is 1. The summed E-state index contributed by atoms with van der Waals surface area (Å²) in [4.78, 5) is 1.19. The average molecular weight is 255 g/mol. The Balaban J connectivity index is 2.08. The molecule has 1 saturated heterocycles. The number of thiophene rings is 1. The molecule has 1 fully saturated rings. The van der Waals surface area contributed by atoms with Gasteiger partial charge in [0, 0.05) is 30.6 Å². The van der Waals surface area contributed by atoms with Crippen LogP contribution in [-0.4, -0.2) is 31.0 Å². The van der Waals surface area contributed by atoms with Gasteiger partial charge >= 0.3 is 0 Å². The summed E-state index contributed by atoms with van der Waals surface area (Å²) in [5.41, 5.74) is 5.83. The predicted molar refractivity (Wildman–Crippen MR) is 70.2 cm³/mol. The molecule has 0 amide bonds. The molecule has 4 atom stereocenters. The Morgan fingerprint density at radius 3 is 3.06 bits per heavy atom. The summed E-state index contributed by atoms with van der Waals surface area (Å²) in [5.74, 6) is 0.785. The van der Waals surface area contributed by atoms with Crippen molar-refractivity contribution in [2.45, 2.75) is 25.4 Å². The average Bonchev–Trinajstić information content (AvgIpc) is 2.84. The summed E-state index contributed by atoms with van der Waals surface area (Å²) in [6.07, 6.45) is 0.585. The van der Waals surface area contributed by atoms with Crippen LogP contribution in [0.2, 0.25) is 0 Å². The van der Waals surface area contributed by atoms with Crippen LogP contribution in [0.1, 0.15) is 24.1 Å². The standard InChI is InChI=1S/C13H21NO2S/c1-9-8-16-5-4-10(9)13(15)11(7-14)12-3-2-6-17-12/h2-3,6,9-11,13,15H,4-5,7-8,14H2,1H3. The van der Waals surface area contributed by atoms with Gasteiger partial charge in [0.2, 0.25) is 0 Å². The van der Waals surface area contributed by atoms with Crippen LogP contribution in [-0.2, 0) is 4.74 Å². The van der Waals surface area contributed by atoms with E-state index in [1.807, 2.05) is 11.4 Å². The number of rotatable bonds is 4. The Kier molecular flexibility index (Phi) is 4.56. The van der Waals surface area contributed by atoms with Gasteiger partial charge in [0.25, 0.3) is 0 Å². The van der Waals surface area contributed by atoms with Crippen molar-refractivity contribution in [3.05, 3.63) is 22.4 Å². The van der Waals surface area contributed by atoms with Gasteiger partial charge in [-0.2, -0.15) is 0 Å². The molecule has 1 aliphatic heterocycles. The third-order valence-electron chi connectivity index (χ3n) is 3.72. The molecule has 3 nitrogen and oxygen atoms in total. The highest BCUT2D eigenvalue weighted by molar-refractivity contribution is 7.10. The zero-order valence-electron chi connectivity index (χ0n) is 10.2. The molecule has 0 aromatic carbocycles. The molecule has 0 bridgehead atoms. The highest BCUT2D eigenvalue weighted by Crippen LogP contribution is 2.33. The van der Waals surface area contributed by atoms with E-state index in [1.165, 1.54) is 4.88 Å². The number of ether oxygens (including phenoxy) is 1. The largest absolute Gasteiger partial charge is 0.392 e. The first-order valence-corrected chi connectivity index (χ1v) is 7.11. The van der Waals surface area contributed by atoms with E-state index in [4.69, 9.17) is 10.5 Å². The van der Waals surface area contributed by atoms with Crippen LogP contribution in [0, 0.1) is 11.8 Å². The van der Waals surface area contributed by atoms with Gasteiger partial charge in [-0.25, -0.2) is 0 Å². The Labute approximate surface area is 107 Å². The lowest BCUT2D eigenvalue weighted by Gasteiger charge is -2.35. The van der Waals surface area contributed by atoms with Crippen LogP contribution in [0.4, 0.5) is 0 Å². The highest BCUT2D eigenvalue weighted by Gasteiger charge is 2.33. The number of hydrogen-bond acceptors (Lipinski definition) is 4. The van der Waals surface area contributed by atoms with Crippen LogP contribution < -0.4 is 5.73 Å². The van der Waals surface area contributed by atoms with Gasteiger partial charge in [0.05, 0.1) is 6.10 Å². The van der Waals surface area contributed by atoms with Crippen molar-refractivity contribution in [2.24, 2.45) is 17.6 Å². The van der Waals surface area contributed by atoms with Crippen molar-refractivity contribution in [1.82, 2.24) is 0 Å². The molecule has 2 rings (SSSR count). The lowest BCUT2D eigenvalue weighted by molar-refractivity contribution is -0.0376. The summed E-state index contributed by atoms with van der Waals surface area (Å²) < 4.78 is 5.43. The fourth-order valence-electron chi connectivity index (χ4n) is 2.63. The second-order valence-corrected chi connectivity index (χ2v) is 5.83. The van der Waals surface area contributed by atoms with Gasteiger partial charge in [0.15, 0.2) is 0 Å². The predicted octanol–water partition coefficient (Wildman–Crippen LogP) is 1.82. The molecular formula is C13H21NO2S. The molecule has 0 aliphatic carbocycles. The first-order chi connectivity index (χ1) is 8.24. The van der Waals surface area contributed by atoms with E-state index in [2.05, 4.69) is 13.0 Å². The third-order valence-corrected chi connectivity index (χ3v) is 4.72. The monoisotopic (exact) mass is 255 g/mol. The summed E-state index contributed by atoms with van der Waals surface area (Å²) >= 11 is 1.68. The van der Waals surface area contributed by atoms with Crippen molar-refractivity contribution in [2.75, 3.05) is 19.8 Å². The van der Waals surface area contributed by atoms with Gasteiger partial charge in [-0.1, -0.05) is 13.0 Å². The molecule has 4 unspecified atom stereocenters.